The third-order valence-electron chi connectivity index (χ3n) is 3.21. The van der Waals surface area contributed by atoms with Gasteiger partial charge in [-0.15, -0.1) is 10.2 Å². The molecule has 0 saturated heterocycles. The monoisotopic (exact) mass is 312 g/mol. The number of thioether (sulfide) groups is 1. The molecule has 0 bridgehead atoms. The van der Waals surface area contributed by atoms with Gasteiger partial charge in [0.2, 0.25) is 5.88 Å². The van der Waals surface area contributed by atoms with Crippen molar-refractivity contribution in [1.82, 2.24) is 19.7 Å². The molecular formula is C16H16N4OS. The topological polar surface area (TPSA) is 52.8 Å². The number of methoxy groups -OCH3 is 1. The Bertz CT molecular complexity index is 738. The minimum absolute atomic E-state index is 0.589. The van der Waals surface area contributed by atoms with Crippen molar-refractivity contribution < 1.29 is 4.74 Å². The first kappa shape index (κ1) is 14.6. The predicted octanol–water partition coefficient (Wildman–Crippen LogP) is 3.27. The van der Waals surface area contributed by atoms with Gasteiger partial charge in [-0.1, -0.05) is 41.6 Å². The summed E-state index contributed by atoms with van der Waals surface area (Å²) in [5.74, 6) is 1.44. The molecule has 0 amide bonds. The molecule has 3 aromatic rings. The average Bonchev–Trinajstić information content (AvgIpc) is 3.03. The zero-order chi connectivity index (χ0) is 15.4. The number of rotatable bonds is 5. The molecule has 0 fully saturated rings. The molecule has 0 unspecified atom stereocenters. The molecule has 0 aliphatic carbocycles. The van der Waals surface area contributed by atoms with Gasteiger partial charge in [0.1, 0.15) is 6.33 Å². The van der Waals surface area contributed by atoms with Crippen LogP contribution in [0.5, 0.6) is 5.88 Å². The van der Waals surface area contributed by atoms with Crippen molar-refractivity contribution in [2.45, 2.75) is 17.8 Å². The molecule has 0 aliphatic rings. The van der Waals surface area contributed by atoms with Gasteiger partial charge >= 0.3 is 0 Å². The highest BCUT2D eigenvalue weighted by molar-refractivity contribution is 7.98. The zero-order valence-corrected chi connectivity index (χ0v) is 13.2. The van der Waals surface area contributed by atoms with Gasteiger partial charge in [-0.3, -0.25) is 4.57 Å². The number of pyridine rings is 1. The molecule has 112 valence electrons. The fraction of sp³-hybridized carbons (Fsp3) is 0.188. The molecule has 6 heteroatoms. The molecule has 2 heterocycles. The molecule has 3 rings (SSSR count). The van der Waals surface area contributed by atoms with E-state index in [1.165, 1.54) is 11.1 Å². The van der Waals surface area contributed by atoms with E-state index in [-0.39, 0.29) is 0 Å². The van der Waals surface area contributed by atoms with Crippen molar-refractivity contribution in [3.63, 3.8) is 0 Å². The van der Waals surface area contributed by atoms with E-state index in [4.69, 9.17) is 4.74 Å². The van der Waals surface area contributed by atoms with Gasteiger partial charge in [-0.05, 0) is 18.6 Å². The van der Waals surface area contributed by atoms with Crippen LogP contribution in [0.4, 0.5) is 0 Å². The van der Waals surface area contributed by atoms with Crippen molar-refractivity contribution in [3.05, 3.63) is 60.0 Å². The molecule has 0 radical (unpaired) electrons. The molecule has 0 atom stereocenters. The number of aryl methyl sites for hydroxylation is 1. The summed E-state index contributed by atoms with van der Waals surface area (Å²) in [5.41, 5.74) is 3.44. The molecule has 0 N–H and O–H groups in total. The summed E-state index contributed by atoms with van der Waals surface area (Å²) in [6.45, 7) is 2.09. The number of hydrogen-bond acceptors (Lipinski definition) is 5. The van der Waals surface area contributed by atoms with Crippen LogP contribution in [0.1, 0.15) is 11.1 Å². The maximum Gasteiger partial charge on any atom is 0.213 e. The molecule has 0 saturated carbocycles. The van der Waals surface area contributed by atoms with E-state index in [0.717, 1.165) is 16.6 Å². The smallest absolute Gasteiger partial charge is 0.213 e. The van der Waals surface area contributed by atoms with Crippen LogP contribution in [-0.2, 0) is 5.75 Å². The van der Waals surface area contributed by atoms with E-state index in [0.29, 0.717) is 5.88 Å². The van der Waals surface area contributed by atoms with Crippen LogP contribution in [0.25, 0.3) is 5.69 Å². The van der Waals surface area contributed by atoms with Crippen LogP contribution in [0.2, 0.25) is 0 Å². The maximum atomic E-state index is 5.07. The van der Waals surface area contributed by atoms with Gasteiger partial charge in [0, 0.05) is 11.8 Å². The predicted molar refractivity (Wildman–Crippen MR) is 86.4 cm³/mol. The third-order valence-corrected chi connectivity index (χ3v) is 4.23. The summed E-state index contributed by atoms with van der Waals surface area (Å²) < 4.78 is 7.00. The van der Waals surface area contributed by atoms with Gasteiger partial charge < -0.3 is 4.74 Å². The van der Waals surface area contributed by atoms with Gasteiger partial charge in [0.25, 0.3) is 0 Å². The van der Waals surface area contributed by atoms with E-state index in [1.54, 1.807) is 31.4 Å². The fourth-order valence-corrected chi connectivity index (χ4v) is 2.85. The SMILES string of the molecule is COc1ccc(-n2cnnc2SCc2ccc(C)cc2)cn1. The first-order valence-corrected chi connectivity index (χ1v) is 7.83. The van der Waals surface area contributed by atoms with E-state index in [1.807, 2.05) is 16.7 Å². The number of hydrogen-bond donors (Lipinski definition) is 0. The Morgan fingerprint density at radius 3 is 2.64 bits per heavy atom. The van der Waals surface area contributed by atoms with Crippen molar-refractivity contribution in [2.75, 3.05) is 7.11 Å². The molecule has 0 aliphatic heterocycles. The zero-order valence-electron chi connectivity index (χ0n) is 12.4. The normalized spacial score (nSPS) is 10.6. The Morgan fingerprint density at radius 1 is 1.14 bits per heavy atom. The quantitative estimate of drug-likeness (QED) is 0.677. The lowest BCUT2D eigenvalue weighted by Gasteiger charge is -2.07. The van der Waals surface area contributed by atoms with E-state index in [9.17, 15) is 0 Å². The van der Waals surface area contributed by atoms with E-state index in [2.05, 4.69) is 46.4 Å². The summed E-state index contributed by atoms with van der Waals surface area (Å²) in [6, 6.07) is 12.3. The molecule has 2 aromatic heterocycles. The molecule has 0 spiro atoms. The number of aromatic nitrogens is 4. The average molecular weight is 312 g/mol. The molecule has 1 aromatic carbocycles. The Kier molecular flexibility index (Phi) is 4.39. The first-order valence-electron chi connectivity index (χ1n) is 6.85. The highest BCUT2D eigenvalue weighted by atomic mass is 32.2. The minimum Gasteiger partial charge on any atom is -0.481 e. The van der Waals surface area contributed by atoms with Crippen LogP contribution < -0.4 is 4.74 Å². The summed E-state index contributed by atoms with van der Waals surface area (Å²) in [5, 5.41) is 9.03. The fourth-order valence-electron chi connectivity index (χ4n) is 1.97. The number of ether oxygens (including phenoxy) is 1. The molecule has 22 heavy (non-hydrogen) atoms. The summed E-state index contributed by atoms with van der Waals surface area (Å²) in [4.78, 5) is 4.21. The van der Waals surface area contributed by atoms with Gasteiger partial charge in [-0.25, -0.2) is 4.98 Å². The van der Waals surface area contributed by atoms with Crippen molar-refractivity contribution in [2.24, 2.45) is 0 Å². The minimum atomic E-state index is 0.589. The van der Waals surface area contributed by atoms with E-state index >= 15 is 0 Å². The highest BCUT2D eigenvalue weighted by Gasteiger charge is 2.08. The molecule has 5 nitrogen and oxygen atoms in total. The summed E-state index contributed by atoms with van der Waals surface area (Å²) in [6.07, 6.45) is 3.44. The number of nitrogens with zero attached hydrogens (tertiary/aromatic N) is 4. The van der Waals surface area contributed by atoms with Gasteiger partial charge in [0.15, 0.2) is 5.16 Å². The summed E-state index contributed by atoms with van der Waals surface area (Å²) >= 11 is 1.65. The maximum absolute atomic E-state index is 5.07. The van der Waals surface area contributed by atoms with Crippen LogP contribution in [-0.4, -0.2) is 26.9 Å². The lowest BCUT2D eigenvalue weighted by Crippen LogP contribution is -1.97. The lowest BCUT2D eigenvalue weighted by atomic mass is 10.2. The lowest BCUT2D eigenvalue weighted by molar-refractivity contribution is 0.397. The van der Waals surface area contributed by atoms with Crippen LogP contribution in [0, 0.1) is 6.92 Å². The Balaban J connectivity index is 1.75. The van der Waals surface area contributed by atoms with Gasteiger partial charge in [0.05, 0.1) is 19.0 Å². The second-order valence-corrected chi connectivity index (χ2v) is 5.76. The van der Waals surface area contributed by atoms with Gasteiger partial charge in [-0.2, -0.15) is 0 Å². The Hall–Kier alpha value is -2.34. The summed E-state index contributed by atoms with van der Waals surface area (Å²) in [7, 11) is 1.60. The second kappa shape index (κ2) is 6.62. The third kappa shape index (κ3) is 3.28. The van der Waals surface area contributed by atoms with Crippen LogP contribution in [0.15, 0.2) is 54.1 Å². The molecular weight excluding hydrogens is 296 g/mol. The Morgan fingerprint density at radius 2 is 1.95 bits per heavy atom. The van der Waals surface area contributed by atoms with Crippen LogP contribution >= 0.6 is 11.8 Å². The van der Waals surface area contributed by atoms with Crippen molar-refractivity contribution >= 4 is 11.8 Å². The van der Waals surface area contributed by atoms with Crippen molar-refractivity contribution in [1.29, 1.82) is 0 Å². The first-order chi connectivity index (χ1) is 10.8. The largest absolute Gasteiger partial charge is 0.481 e. The van der Waals surface area contributed by atoms with Crippen molar-refractivity contribution in [3.8, 4) is 11.6 Å². The standard InChI is InChI=1S/C16H16N4OS/c1-12-3-5-13(6-4-12)10-22-16-19-18-11-20(16)14-7-8-15(21-2)17-9-14/h3-9,11H,10H2,1-2H3. The number of benzene rings is 1. The van der Waals surface area contributed by atoms with Crippen LogP contribution in [0.3, 0.4) is 0 Å². The second-order valence-electron chi connectivity index (χ2n) is 4.82. The Labute approximate surface area is 133 Å². The van der Waals surface area contributed by atoms with E-state index < -0.39 is 0 Å². The highest BCUT2D eigenvalue weighted by Crippen LogP contribution is 2.23.